The third-order valence-corrected chi connectivity index (χ3v) is 10.0. The van der Waals surface area contributed by atoms with E-state index >= 15 is 0 Å². The summed E-state index contributed by atoms with van der Waals surface area (Å²) in [6.07, 6.45) is 13.1. The molecule has 0 radical (unpaired) electrons. The third kappa shape index (κ3) is 4.78. The van der Waals surface area contributed by atoms with Crippen molar-refractivity contribution in [2.45, 2.75) is 109 Å². The van der Waals surface area contributed by atoms with Crippen LogP contribution in [0.3, 0.4) is 0 Å². The molecule has 7 heteroatoms. The maximum Gasteiger partial charge on any atom is 0.271 e. The second-order valence-electron chi connectivity index (χ2n) is 11.2. The van der Waals surface area contributed by atoms with E-state index in [-0.39, 0.29) is 17.9 Å². The van der Waals surface area contributed by atoms with Crippen molar-refractivity contribution in [3.8, 4) is 0 Å². The molecule has 0 aromatic carbocycles. The smallest absolute Gasteiger partial charge is 0.271 e. The molecule has 2 fully saturated rings. The number of aromatic nitrogens is 1. The van der Waals surface area contributed by atoms with Crippen molar-refractivity contribution in [1.29, 1.82) is 0 Å². The maximum absolute atomic E-state index is 14.0. The Bertz CT molecular complexity index is 1060. The SMILES string of the molecule is CCc1cc2c(cc3n2C[C@@](C)(C(=O)NC2CCCCC2)N(CCN(C)C2CCCCC2)C3=O)s1. The molecule has 2 amide bonds. The van der Waals surface area contributed by atoms with Crippen molar-refractivity contribution in [2.75, 3.05) is 20.1 Å². The standard InChI is InChI=1S/C28H42N4O2S/c1-4-22-17-23-25(35-22)18-24-26(33)32(16-15-30(3)21-13-9-6-10-14-21)28(2,19-31(23)24)27(34)29-20-11-7-5-8-12-20/h17-18,20-21H,4-16,19H2,1-3H3,(H,29,34)/t28-/m0/s1. The zero-order valence-corrected chi connectivity index (χ0v) is 22.6. The lowest BCUT2D eigenvalue weighted by Gasteiger charge is -2.45. The Morgan fingerprint density at radius 2 is 1.80 bits per heavy atom. The van der Waals surface area contributed by atoms with Crippen LogP contribution in [-0.2, 0) is 17.8 Å². The molecule has 5 rings (SSSR count). The fraction of sp³-hybridized carbons (Fsp3) is 0.714. The Labute approximate surface area is 214 Å². The first-order valence-electron chi connectivity index (χ1n) is 13.9. The van der Waals surface area contributed by atoms with Gasteiger partial charge in [0.25, 0.3) is 5.91 Å². The van der Waals surface area contributed by atoms with Crippen LogP contribution in [0, 0.1) is 0 Å². The average Bonchev–Trinajstić information content (AvgIpc) is 3.43. The van der Waals surface area contributed by atoms with Crippen molar-refractivity contribution < 1.29 is 9.59 Å². The van der Waals surface area contributed by atoms with Crippen molar-refractivity contribution in [3.05, 3.63) is 22.7 Å². The number of rotatable bonds is 7. The number of amides is 2. The van der Waals surface area contributed by atoms with Crippen LogP contribution in [0.15, 0.2) is 12.1 Å². The Hall–Kier alpha value is -1.86. The van der Waals surface area contributed by atoms with Gasteiger partial charge in [-0.1, -0.05) is 45.4 Å². The number of carbonyl (C=O) groups excluding carboxylic acids is 2. The van der Waals surface area contributed by atoms with E-state index in [2.05, 4.69) is 40.9 Å². The molecule has 1 atom stereocenters. The predicted molar refractivity (Wildman–Crippen MR) is 143 cm³/mol. The molecule has 0 spiro atoms. The summed E-state index contributed by atoms with van der Waals surface area (Å²) in [6, 6.07) is 5.09. The summed E-state index contributed by atoms with van der Waals surface area (Å²) in [5.74, 6) is 0.00699. The van der Waals surface area contributed by atoms with E-state index < -0.39 is 5.54 Å². The number of nitrogens with zero attached hydrogens (tertiary/aromatic N) is 3. The molecular formula is C28H42N4O2S. The van der Waals surface area contributed by atoms with E-state index in [9.17, 15) is 9.59 Å². The van der Waals surface area contributed by atoms with Gasteiger partial charge < -0.3 is 19.7 Å². The van der Waals surface area contributed by atoms with Gasteiger partial charge in [-0.2, -0.15) is 0 Å². The van der Waals surface area contributed by atoms with Crippen molar-refractivity contribution in [2.24, 2.45) is 0 Å². The van der Waals surface area contributed by atoms with Gasteiger partial charge in [-0.3, -0.25) is 9.59 Å². The Morgan fingerprint density at radius 3 is 2.49 bits per heavy atom. The summed E-state index contributed by atoms with van der Waals surface area (Å²) in [4.78, 5) is 33.5. The molecule has 2 aliphatic carbocycles. The summed E-state index contributed by atoms with van der Waals surface area (Å²) in [5, 5.41) is 3.36. The molecule has 0 bridgehead atoms. The minimum atomic E-state index is -0.894. The van der Waals surface area contributed by atoms with Gasteiger partial charge in [-0.25, -0.2) is 0 Å². The molecule has 0 saturated heterocycles. The number of fused-ring (bicyclic) bond motifs is 3. The second-order valence-corrected chi connectivity index (χ2v) is 12.4. The number of nitrogens with one attached hydrogen (secondary N) is 1. The van der Waals surface area contributed by atoms with E-state index in [1.54, 1.807) is 11.3 Å². The highest BCUT2D eigenvalue weighted by Gasteiger charge is 2.48. The monoisotopic (exact) mass is 498 g/mol. The molecule has 1 N–H and O–H groups in total. The van der Waals surface area contributed by atoms with Crippen LogP contribution in [0.5, 0.6) is 0 Å². The van der Waals surface area contributed by atoms with Gasteiger partial charge in [0.15, 0.2) is 0 Å². The zero-order chi connectivity index (χ0) is 24.6. The Morgan fingerprint density at radius 1 is 1.11 bits per heavy atom. The van der Waals surface area contributed by atoms with Gasteiger partial charge in [0.2, 0.25) is 5.91 Å². The number of likely N-dealkylation sites (N-methyl/N-ethyl adjacent to an activating group) is 1. The Balaban J connectivity index is 1.42. The molecule has 192 valence electrons. The summed E-state index contributed by atoms with van der Waals surface area (Å²) >= 11 is 1.77. The largest absolute Gasteiger partial charge is 0.351 e. The third-order valence-electron chi connectivity index (χ3n) is 8.82. The molecule has 3 heterocycles. The quantitative estimate of drug-likeness (QED) is 0.571. The minimum absolute atomic E-state index is 0.00367. The highest BCUT2D eigenvalue weighted by molar-refractivity contribution is 7.19. The fourth-order valence-corrected chi connectivity index (χ4v) is 7.50. The van der Waals surface area contributed by atoms with Crippen LogP contribution in [0.4, 0.5) is 0 Å². The summed E-state index contributed by atoms with van der Waals surface area (Å²) in [5.41, 5.74) is 0.942. The first kappa shape index (κ1) is 24.8. The van der Waals surface area contributed by atoms with Crippen LogP contribution in [0.2, 0.25) is 0 Å². The molecule has 6 nitrogen and oxygen atoms in total. The van der Waals surface area contributed by atoms with Crippen LogP contribution in [0.25, 0.3) is 10.2 Å². The summed E-state index contributed by atoms with van der Waals surface area (Å²) < 4.78 is 3.27. The van der Waals surface area contributed by atoms with Gasteiger partial charge in [-0.05, 0) is 58.2 Å². The molecular weight excluding hydrogens is 456 g/mol. The van der Waals surface area contributed by atoms with Gasteiger partial charge in [-0.15, -0.1) is 11.3 Å². The first-order chi connectivity index (χ1) is 16.9. The van der Waals surface area contributed by atoms with Crippen LogP contribution >= 0.6 is 11.3 Å². The highest BCUT2D eigenvalue weighted by atomic mass is 32.1. The summed E-state index contributed by atoms with van der Waals surface area (Å²) in [7, 11) is 2.19. The minimum Gasteiger partial charge on any atom is -0.351 e. The van der Waals surface area contributed by atoms with Crippen LogP contribution in [-0.4, -0.2) is 63.9 Å². The molecule has 2 aromatic heterocycles. The zero-order valence-electron chi connectivity index (χ0n) is 21.8. The van der Waals surface area contributed by atoms with Crippen molar-refractivity contribution >= 4 is 33.4 Å². The normalized spacial score (nSPS) is 24.3. The lowest BCUT2D eigenvalue weighted by Crippen LogP contribution is -2.66. The fourth-order valence-electron chi connectivity index (χ4n) is 6.46. The topological polar surface area (TPSA) is 57.6 Å². The number of carbonyl (C=O) groups is 2. The van der Waals surface area contributed by atoms with E-state index in [1.165, 1.54) is 56.2 Å². The molecule has 2 saturated carbocycles. The van der Waals surface area contributed by atoms with E-state index in [1.807, 2.05) is 11.8 Å². The van der Waals surface area contributed by atoms with Gasteiger partial charge in [0.05, 0.1) is 16.8 Å². The van der Waals surface area contributed by atoms with Crippen LogP contribution in [0.1, 0.15) is 93.4 Å². The highest BCUT2D eigenvalue weighted by Crippen LogP contribution is 2.36. The van der Waals surface area contributed by atoms with E-state index in [4.69, 9.17) is 0 Å². The van der Waals surface area contributed by atoms with Gasteiger partial charge in [0, 0.05) is 30.1 Å². The lowest BCUT2D eigenvalue weighted by atomic mass is 9.91. The van der Waals surface area contributed by atoms with E-state index in [0.29, 0.717) is 19.1 Å². The van der Waals surface area contributed by atoms with Gasteiger partial charge >= 0.3 is 0 Å². The Kier molecular flexibility index (Phi) is 7.27. The number of aryl methyl sites for hydroxylation is 1. The van der Waals surface area contributed by atoms with Crippen molar-refractivity contribution in [1.82, 2.24) is 19.7 Å². The van der Waals surface area contributed by atoms with Crippen LogP contribution < -0.4 is 5.32 Å². The number of hydrogen-bond acceptors (Lipinski definition) is 4. The predicted octanol–water partition coefficient (Wildman–Crippen LogP) is 5.19. The average molecular weight is 499 g/mol. The molecule has 0 unspecified atom stereocenters. The summed E-state index contributed by atoms with van der Waals surface area (Å²) in [6.45, 7) is 6.06. The molecule has 1 aliphatic heterocycles. The maximum atomic E-state index is 14.0. The second kappa shape index (κ2) is 10.3. The first-order valence-corrected chi connectivity index (χ1v) is 14.7. The molecule has 2 aromatic rings. The molecule has 3 aliphatic rings. The molecule has 35 heavy (non-hydrogen) atoms. The van der Waals surface area contributed by atoms with Crippen molar-refractivity contribution in [3.63, 3.8) is 0 Å². The number of hydrogen-bond donors (Lipinski definition) is 1. The lowest BCUT2D eigenvalue weighted by molar-refractivity contribution is -0.134. The van der Waals surface area contributed by atoms with E-state index in [0.717, 1.165) is 41.7 Å². The number of thiophene rings is 1. The van der Waals surface area contributed by atoms with Gasteiger partial charge in [0.1, 0.15) is 11.2 Å².